The van der Waals surface area contributed by atoms with Gasteiger partial charge in [0.05, 0.1) is 17.0 Å². The maximum atomic E-state index is 11.5. The Kier molecular flexibility index (Phi) is 7.92. The number of thiazole rings is 1. The minimum absolute atomic E-state index is 0.0575. The molecule has 3 rings (SSSR count). The molecule has 174 valence electrons. The number of amides is 2. The van der Waals surface area contributed by atoms with E-state index >= 15 is 0 Å². The second-order valence-electron chi connectivity index (χ2n) is 7.50. The van der Waals surface area contributed by atoms with Gasteiger partial charge in [-0.25, -0.2) is 24.4 Å². The molecule has 1 aromatic heterocycles. The number of anilines is 1. The minimum Gasteiger partial charge on any atom is -0.302 e. The largest absolute Gasteiger partial charge is 0.302 e. The number of hydrazine groups is 1. The summed E-state index contributed by atoms with van der Waals surface area (Å²) in [6.07, 6.45) is 2.15. The highest BCUT2D eigenvalue weighted by atomic mass is 32.2. The summed E-state index contributed by atoms with van der Waals surface area (Å²) < 4.78 is 23.0. The van der Waals surface area contributed by atoms with Crippen molar-refractivity contribution in [2.45, 2.75) is 37.5 Å². The fourth-order valence-corrected chi connectivity index (χ4v) is 4.83. The number of nitrogens with two attached hydrogens (primary N) is 2. The molecule has 2 aromatic carbocycles. The molecule has 0 radical (unpaired) electrons. The first kappa shape index (κ1) is 24.5. The van der Waals surface area contributed by atoms with Gasteiger partial charge in [-0.15, -0.1) is 11.3 Å². The summed E-state index contributed by atoms with van der Waals surface area (Å²) >= 11 is 1.40. The van der Waals surface area contributed by atoms with Crippen LogP contribution < -0.4 is 21.7 Å². The van der Waals surface area contributed by atoms with E-state index in [1.165, 1.54) is 30.4 Å². The van der Waals surface area contributed by atoms with E-state index < -0.39 is 10.0 Å². The molecule has 33 heavy (non-hydrogen) atoms. The van der Waals surface area contributed by atoms with Crippen molar-refractivity contribution in [3.63, 3.8) is 0 Å². The third-order valence-corrected chi connectivity index (χ3v) is 6.82. The van der Waals surface area contributed by atoms with Gasteiger partial charge in [0, 0.05) is 18.2 Å². The molecular formula is C22H25N5O4S2. The number of aryl methyl sites for hydroxylation is 2. The lowest BCUT2D eigenvalue weighted by atomic mass is 10.0. The Hall–Kier alpha value is -3.12. The molecule has 3 aromatic rings. The molecular weight excluding hydrogens is 462 g/mol. The van der Waals surface area contributed by atoms with Crippen LogP contribution in [-0.4, -0.2) is 25.2 Å². The van der Waals surface area contributed by atoms with E-state index in [1.54, 1.807) is 12.1 Å². The standard InChI is InChI=1S/C22H25N5O4S2/c1-14(28)25-22-26-19(11-8-15-2-4-17(5-3-15)13-21(29)27-23)20(32-22)12-16-6-9-18(10-7-16)33(24,30)31/h2-7,9-10H,8,11-13,23H2,1H3,(H,27,29)(H2,24,30,31)(H,25,26,28). The Bertz CT molecular complexity index is 1240. The average molecular weight is 488 g/mol. The van der Waals surface area contributed by atoms with Gasteiger partial charge < -0.3 is 5.32 Å². The highest BCUT2D eigenvalue weighted by molar-refractivity contribution is 7.89. The van der Waals surface area contributed by atoms with Crippen LogP contribution in [0.4, 0.5) is 5.13 Å². The first-order valence-corrected chi connectivity index (χ1v) is 12.5. The van der Waals surface area contributed by atoms with Gasteiger partial charge >= 0.3 is 0 Å². The molecule has 0 unspecified atom stereocenters. The molecule has 0 fully saturated rings. The van der Waals surface area contributed by atoms with Gasteiger partial charge in [-0.3, -0.25) is 15.0 Å². The second kappa shape index (κ2) is 10.7. The number of carbonyl (C=O) groups excluding carboxylic acids is 2. The molecule has 9 nitrogen and oxygen atoms in total. The van der Waals surface area contributed by atoms with Crippen LogP contribution in [-0.2, 0) is 45.3 Å². The first-order chi connectivity index (χ1) is 15.6. The van der Waals surface area contributed by atoms with Crippen LogP contribution >= 0.6 is 11.3 Å². The van der Waals surface area contributed by atoms with E-state index in [4.69, 9.17) is 11.0 Å². The molecule has 0 bridgehead atoms. The normalized spacial score (nSPS) is 11.2. The number of hydrogen-bond acceptors (Lipinski definition) is 7. The van der Waals surface area contributed by atoms with Crippen molar-refractivity contribution in [2.24, 2.45) is 11.0 Å². The molecule has 1 heterocycles. The summed E-state index contributed by atoms with van der Waals surface area (Å²) in [6.45, 7) is 1.43. The second-order valence-corrected chi connectivity index (χ2v) is 10.1. The molecule has 0 atom stereocenters. The average Bonchev–Trinajstić information content (AvgIpc) is 3.13. The monoisotopic (exact) mass is 487 g/mol. The Morgan fingerprint density at radius 1 is 0.970 bits per heavy atom. The van der Waals surface area contributed by atoms with Gasteiger partial charge in [0.25, 0.3) is 0 Å². The molecule has 0 saturated heterocycles. The number of carbonyl (C=O) groups is 2. The summed E-state index contributed by atoms with van der Waals surface area (Å²) in [7, 11) is -3.75. The zero-order valence-electron chi connectivity index (χ0n) is 18.0. The van der Waals surface area contributed by atoms with Crippen molar-refractivity contribution in [3.8, 4) is 0 Å². The Morgan fingerprint density at radius 3 is 2.15 bits per heavy atom. The van der Waals surface area contributed by atoms with Crippen LogP contribution in [0.15, 0.2) is 53.4 Å². The summed E-state index contributed by atoms with van der Waals surface area (Å²) in [5, 5.41) is 8.43. The fraction of sp³-hybridized carbons (Fsp3) is 0.227. The van der Waals surface area contributed by atoms with Gasteiger partial charge in [-0.2, -0.15) is 0 Å². The zero-order valence-corrected chi connectivity index (χ0v) is 19.6. The molecule has 6 N–H and O–H groups in total. The van der Waals surface area contributed by atoms with Crippen LogP contribution in [0.5, 0.6) is 0 Å². The SMILES string of the molecule is CC(=O)Nc1nc(CCc2ccc(CC(=O)NN)cc2)c(Cc2ccc(S(N)(=O)=O)cc2)s1. The Balaban J connectivity index is 1.74. The summed E-state index contributed by atoms with van der Waals surface area (Å²) in [5.41, 5.74) is 5.84. The maximum absolute atomic E-state index is 11.5. The van der Waals surface area contributed by atoms with Crippen molar-refractivity contribution >= 4 is 38.3 Å². The number of benzene rings is 2. The predicted molar refractivity (Wildman–Crippen MR) is 127 cm³/mol. The third kappa shape index (κ3) is 7.19. The number of nitrogens with zero attached hydrogens (tertiary/aromatic N) is 1. The van der Waals surface area contributed by atoms with Crippen molar-refractivity contribution in [1.82, 2.24) is 10.4 Å². The van der Waals surface area contributed by atoms with Gasteiger partial charge in [-0.05, 0) is 41.7 Å². The van der Waals surface area contributed by atoms with E-state index in [-0.39, 0.29) is 23.1 Å². The van der Waals surface area contributed by atoms with E-state index in [2.05, 4.69) is 15.7 Å². The van der Waals surface area contributed by atoms with Gasteiger partial charge in [0.1, 0.15) is 0 Å². The van der Waals surface area contributed by atoms with Crippen LogP contribution in [0.2, 0.25) is 0 Å². The zero-order chi connectivity index (χ0) is 24.0. The lowest BCUT2D eigenvalue weighted by molar-refractivity contribution is -0.120. The Morgan fingerprint density at radius 2 is 1.58 bits per heavy atom. The Labute approximate surface area is 196 Å². The quantitative estimate of drug-likeness (QED) is 0.204. The summed E-state index contributed by atoms with van der Waals surface area (Å²) in [5.74, 6) is 4.68. The van der Waals surface area contributed by atoms with Gasteiger partial charge in [-0.1, -0.05) is 36.4 Å². The topological polar surface area (TPSA) is 157 Å². The summed E-state index contributed by atoms with van der Waals surface area (Å²) in [4.78, 5) is 28.5. The summed E-state index contributed by atoms with van der Waals surface area (Å²) in [6, 6.07) is 14.1. The van der Waals surface area contributed by atoms with Crippen LogP contribution in [0, 0.1) is 0 Å². The van der Waals surface area contributed by atoms with E-state index in [9.17, 15) is 18.0 Å². The van der Waals surface area contributed by atoms with Crippen LogP contribution in [0.3, 0.4) is 0 Å². The van der Waals surface area contributed by atoms with Gasteiger partial charge in [0.2, 0.25) is 21.8 Å². The van der Waals surface area contributed by atoms with Crippen LogP contribution in [0.1, 0.15) is 34.2 Å². The number of aromatic nitrogens is 1. The molecule has 0 spiro atoms. The van der Waals surface area contributed by atoms with Crippen LogP contribution in [0.25, 0.3) is 0 Å². The highest BCUT2D eigenvalue weighted by Gasteiger charge is 2.14. The predicted octanol–water partition coefficient (Wildman–Crippen LogP) is 1.66. The number of sulfonamides is 1. The van der Waals surface area contributed by atoms with Crippen molar-refractivity contribution in [2.75, 3.05) is 5.32 Å². The molecule has 2 amide bonds. The smallest absolute Gasteiger partial charge is 0.238 e. The van der Waals surface area contributed by atoms with Crippen molar-refractivity contribution in [3.05, 3.63) is 75.8 Å². The number of rotatable bonds is 9. The molecule has 11 heteroatoms. The first-order valence-electron chi connectivity index (χ1n) is 10.1. The molecule has 0 saturated carbocycles. The van der Waals surface area contributed by atoms with E-state index in [0.717, 1.165) is 33.7 Å². The van der Waals surface area contributed by atoms with Gasteiger partial charge in [0.15, 0.2) is 5.13 Å². The minimum atomic E-state index is -3.75. The molecule has 0 aliphatic carbocycles. The van der Waals surface area contributed by atoms with Crippen molar-refractivity contribution in [1.29, 1.82) is 0 Å². The number of primary sulfonamides is 1. The lowest BCUT2D eigenvalue weighted by Gasteiger charge is -2.06. The number of nitrogens with one attached hydrogen (secondary N) is 2. The maximum Gasteiger partial charge on any atom is 0.238 e. The number of hydrogen-bond donors (Lipinski definition) is 4. The van der Waals surface area contributed by atoms with Crippen molar-refractivity contribution < 1.29 is 18.0 Å². The van der Waals surface area contributed by atoms with E-state index in [1.807, 2.05) is 24.3 Å². The fourth-order valence-electron chi connectivity index (χ4n) is 3.23. The molecule has 0 aliphatic rings. The third-order valence-electron chi connectivity index (χ3n) is 4.88. The molecule has 0 aliphatic heterocycles. The van der Waals surface area contributed by atoms with E-state index in [0.29, 0.717) is 18.0 Å². The lowest BCUT2D eigenvalue weighted by Crippen LogP contribution is -2.31. The highest BCUT2D eigenvalue weighted by Crippen LogP contribution is 2.27.